The van der Waals surface area contributed by atoms with Gasteiger partial charge in [-0.05, 0) is 32.3 Å². The van der Waals surface area contributed by atoms with E-state index in [0.29, 0.717) is 13.1 Å². The van der Waals surface area contributed by atoms with Gasteiger partial charge in [-0.3, -0.25) is 9.59 Å². The molecule has 1 aromatic rings. The van der Waals surface area contributed by atoms with Crippen molar-refractivity contribution in [3.05, 3.63) is 28.8 Å². The number of esters is 1. The van der Waals surface area contributed by atoms with Gasteiger partial charge >= 0.3 is 5.97 Å². The number of nitrogens with one attached hydrogen (secondary N) is 2. The molecule has 0 spiro atoms. The molecule has 0 saturated heterocycles. The Morgan fingerprint density at radius 2 is 1.91 bits per heavy atom. The minimum absolute atomic E-state index is 0.251. The zero-order valence-corrected chi connectivity index (χ0v) is 14.1. The summed E-state index contributed by atoms with van der Waals surface area (Å²) in [7, 11) is 5.03. The monoisotopic (exact) mass is 341 g/mol. The Balaban J connectivity index is 2.60. The Morgan fingerprint density at radius 3 is 2.52 bits per heavy atom. The molecule has 126 valence electrons. The van der Waals surface area contributed by atoms with E-state index in [2.05, 4.69) is 15.4 Å². The van der Waals surface area contributed by atoms with Crippen LogP contribution in [0.2, 0.25) is 5.02 Å². The van der Waals surface area contributed by atoms with Crippen LogP contribution in [0.4, 0.5) is 5.69 Å². The molecule has 0 unspecified atom stereocenters. The Kier molecular flexibility index (Phi) is 7.50. The molecule has 7 nitrogen and oxygen atoms in total. The quantitative estimate of drug-likeness (QED) is 0.573. The molecule has 0 radical (unpaired) electrons. The summed E-state index contributed by atoms with van der Waals surface area (Å²) in [6, 6.07) is 4.36. The van der Waals surface area contributed by atoms with E-state index >= 15 is 0 Å². The van der Waals surface area contributed by atoms with Gasteiger partial charge < -0.3 is 20.3 Å². The highest BCUT2D eigenvalue weighted by Gasteiger charge is 2.13. The number of ether oxygens (including phenoxy) is 1. The molecule has 2 amide bonds. The van der Waals surface area contributed by atoms with Gasteiger partial charge in [0.05, 0.1) is 23.4 Å². The number of carbonyl (C=O) groups excluding carboxylic acids is 3. The molecule has 0 saturated carbocycles. The number of hydrogen-bond donors (Lipinski definition) is 2. The third-order valence-corrected chi connectivity index (χ3v) is 3.19. The second kappa shape index (κ2) is 9.12. The third kappa shape index (κ3) is 6.66. The van der Waals surface area contributed by atoms with E-state index in [1.165, 1.54) is 25.3 Å². The number of nitrogens with zero attached hydrogens (tertiary/aromatic N) is 1. The number of anilines is 1. The van der Waals surface area contributed by atoms with Gasteiger partial charge in [-0.25, -0.2) is 4.79 Å². The van der Waals surface area contributed by atoms with Crippen LogP contribution in [-0.2, 0) is 14.3 Å². The predicted octanol–water partition coefficient (Wildman–Crippen LogP) is 1.13. The highest BCUT2D eigenvalue weighted by molar-refractivity contribution is 6.34. The topological polar surface area (TPSA) is 87.7 Å². The van der Waals surface area contributed by atoms with Crippen molar-refractivity contribution in [2.24, 2.45) is 0 Å². The lowest BCUT2D eigenvalue weighted by molar-refractivity contribution is -0.126. The van der Waals surface area contributed by atoms with Crippen LogP contribution in [0.1, 0.15) is 16.8 Å². The van der Waals surface area contributed by atoms with E-state index in [-0.39, 0.29) is 28.6 Å². The molecular formula is C15H20ClN3O4. The number of hydrogen-bond acceptors (Lipinski definition) is 5. The fourth-order valence-electron chi connectivity index (χ4n) is 1.69. The minimum Gasteiger partial charge on any atom is -0.465 e. The summed E-state index contributed by atoms with van der Waals surface area (Å²) in [6.45, 7) is 1.14. The molecule has 0 fully saturated rings. The van der Waals surface area contributed by atoms with E-state index in [0.717, 1.165) is 0 Å². The van der Waals surface area contributed by atoms with Gasteiger partial charge in [0, 0.05) is 13.1 Å². The molecule has 2 N–H and O–H groups in total. The lowest BCUT2D eigenvalue weighted by atomic mass is 10.2. The maximum Gasteiger partial charge on any atom is 0.337 e. The highest BCUT2D eigenvalue weighted by Crippen LogP contribution is 2.23. The number of likely N-dealkylation sites (N-methyl/N-ethyl adjacent to an activating group) is 1. The highest BCUT2D eigenvalue weighted by atomic mass is 35.5. The zero-order chi connectivity index (χ0) is 17.4. The molecule has 8 heteroatoms. The van der Waals surface area contributed by atoms with Gasteiger partial charge in [-0.1, -0.05) is 11.6 Å². The zero-order valence-electron chi connectivity index (χ0n) is 13.3. The summed E-state index contributed by atoms with van der Waals surface area (Å²) in [5, 5.41) is 5.41. The number of benzene rings is 1. The fourth-order valence-corrected chi connectivity index (χ4v) is 1.85. The molecular weight excluding hydrogens is 322 g/mol. The molecule has 0 atom stereocenters. The summed E-state index contributed by atoms with van der Waals surface area (Å²) in [5.74, 6) is -1.44. The molecule has 1 rings (SSSR count). The van der Waals surface area contributed by atoms with Crippen LogP contribution in [0, 0.1) is 0 Å². The van der Waals surface area contributed by atoms with Crippen molar-refractivity contribution in [3.8, 4) is 0 Å². The normalized spacial score (nSPS) is 10.3. The number of methoxy groups -OCH3 is 1. The second-order valence-corrected chi connectivity index (χ2v) is 5.47. The summed E-state index contributed by atoms with van der Waals surface area (Å²) < 4.78 is 4.60. The molecule has 0 bridgehead atoms. The van der Waals surface area contributed by atoms with Crippen LogP contribution >= 0.6 is 11.6 Å². The lowest BCUT2D eigenvalue weighted by Gasteiger charge is -2.11. The van der Waals surface area contributed by atoms with Crippen LogP contribution in [-0.4, -0.2) is 57.0 Å². The third-order valence-electron chi connectivity index (χ3n) is 2.86. The standard InChI is InChI=1S/C15H20ClN3O4/c1-19(2)7-6-17-13(20)9-14(21)18-12-8-10(15(22)23-3)4-5-11(12)16/h4-5,8H,6-7,9H2,1-3H3,(H,17,20)(H,18,21). The van der Waals surface area contributed by atoms with E-state index in [9.17, 15) is 14.4 Å². The van der Waals surface area contributed by atoms with Crippen LogP contribution in [0.5, 0.6) is 0 Å². The van der Waals surface area contributed by atoms with Gasteiger partial charge in [0.1, 0.15) is 6.42 Å². The number of amides is 2. The Hall–Kier alpha value is -2.12. The van der Waals surface area contributed by atoms with Crippen LogP contribution in [0.3, 0.4) is 0 Å². The minimum atomic E-state index is -0.543. The van der Waals surface area contributed by atoms with E-state index in [4.69, 9.17) is 11.6 Å². The number of halogens is 1. The van der Waals surface area contributed by atoms with E-state index < -0.39 is 11.9 Å². The van der Waals surface area contributed by atoms with Crippen LogP contribution < -0.4 is 10.6 Å². The van der Waals surface area contributed by atoms with Gasteiger partial charge in [0.15, 0.2) is 0 Å². The Labute approximate surface area is 139 Å². The average molecular weight is 342 g/mol. The Bertz CT molecular complexity index is 590. The van der Waals surface area contributed by atoms with Crippen LogP contribution in [0.25, 0.3) is 0 Å². The van der Waals surface area contributed by atoms with Crippen molar-refractivity contribution in [3.63, 3.8) is 0 Å². The first-order valence-corrected chi connectivity index (χ1v) is 7.30. The van der Waals surface area contributed by atoms with Crippen molar-refractivity contribution in [1.82, 2.24) is 10.2 Å². The maximum absolute atomic E-state index is 11.9. The van der Waals surface area contributed by atoms with Crippen molar-refractivity contribution >= 4 is 35.1 Å². The number of carbonyl (C=O) groups is 3. The Morgan fingerprint density at radius 1 is 1.22 bits per heavy atom. The first kappa shape index (κ1) is 18.9. The smallest absolute Gasteiger partial charge is 0.337 e. The molecule has 0 aliphatic heterocycles. The first-order chi connectivity index (χ1) is 10.8. The molecule has 0 aromatic heterocycles. The molecule has 0 heterocycles. The summed E-state index contributed by atoms with van der Waals surface area (Å²) in [6.07, 6.45) is -0.327. The fraction of sp³-hybridized carbons (Fsp3) is 0.400. The largest absolute Gasteiger partial charge is 0.465 e. The second-order valence-electron chi connectivity index (χ2n) is 5.06. The molecule has 23 heavy (non-hydrogen) atoms. The van der Waals surface area contributed by atoms with Crippen molar-refractivity contribution in [1.29, 1.82) is 0 Å². The first-order valence-electron chi connectivity index (χ1n) is 6.92. The molecule has 0 aliphatic rings. The summed E-state index contributed by atoms with van der Waals surface area (Å²) >= 11 is 5.97. The predicted molar refractivity (Wildman–Crippen MR) is 87.6 cm³/mol. The van der Waals surface area contributed by atoms with E-state index in [1.54, 1.807) is 0 Å². The SMILES string of the molecule is COC(=O)c1ccc(Cl)c(NC(=O)CC(=O)NCCN(C)C)c1. The number of rotatable bonds is 7. The van der Waals surface area contributed by atoms with Crippen molar-refractivity contribution in [2.75, 3.05) is 39.6 Å². The van der Waals surface area contributed by atoms with Gasteiger partial charge in [0.2, 0.25) is 11.8 Å². The van der Waals surface area contributed by atoms with Crippen LogP contribution in [0.15, 0.2) is 18.2 Å². The molecule has 1 aromatic carbocycles. The average Bonchev–Trinajstić information content (AvgIpc) is 2.48. The van der Waals surface area contributed by atoms with Crippen molar-refractivity contribution < 1.29 is 19.1 Å². The summed E-state index contributed by atoms with van der Waals surface area (Å²) in [4.78, 5) is 36.9. The van der Waals surface area contributed by atoms with Gasteiger partial charge in [0.25, 0.3) is 0 Å². The van der Waals surface area contributed by atoms with Crippen molar-refractivity contribution in [2.45, 2.75) is 6.42 Å². The van der Waals surface area contributed by atoms with Gasteiger partial charge in [-0.15, -0.1) is 0 Å². The van der Waals surface area contributed by atoms with E-state index in [1.807, 2.05) is 19.0 Å². The maximum atomic E-state index is 11.9. The lowest BCUT2D eigenvalue weighted by Crippen LogP contribution is -2.33. The van der Waals surface area contributed by atoms with Gasteiger partial charge in [-0.2, -0.15) is 0 Å². The summed E-state index contributed by atoms with van der Waals surface area (Å²) in [5.41, 5.74) is 0.503. The molecule has 0 aliphatic carbocycles.